The molecule has 382 valence electrons. The number of rotatable bonds is 50. The molecule has 0 aromatic heterocycles. The third-order valence-corrected chi connectivity index (χ3v) is 12.5. The summed E-state index contributed by atoms with van der Waals surface area (Å²) in [5, 5.41) is 23.7. The first-order chi connectivity index (χ1) is 32.5. The summed E-state index contributed by atoms with van der Waals surface area (Å²) in [4.78, 5) is 26.2. The molecule has 3 atom stereocenters. The molecule has 1 amide bonds. The van der Waals surface area contributed by atoms with Gasteiger partial charge in [0.15, 0.2) is 0 Å². The molecule has 0 aliphatic heterocycles. The molecule has 0 radical (unpaired) electrons. The van der Waals surface area contributed by atoms with E-state index in [0.717, 1.165) is 70.6 Å². The van der Waals surface area contributed by atoms with Crippen molar-refractivity contribution in [2.75, 3.05) is 6.61 Å². The summed E-state index contributed by atoms with van der Waals surface area (Å²) < 4.78 is 5.85. The van der Waals surface area contributed by atoms with E-state index >= 15 is 0 Å². The van der Waals surface area contributed by atoms with E-state index in [0.29, 0.717) is 19.3 Å². The van der Waals surface area contributed by atoms with E-state index in [9.17, 15) is 19.8 Å². The van der Waals surface area contributed by atoms with Gasteiger partial charge in [-0.25, -0.2) is 0 Å². The first-order valence-corrected chi connectivity index (χ1v) is 28.2. The zero-order valence-corrected chi connectivity index (χ0v) is 43.6. The highest BCUT2D eigenvalue weighted by Crippen LogP contribution is 2.17. The van der Waals surface area contributed by atoms with Gasteiger partial charge in [0.25, 0.3) is 0 Å². The number of carbonyl (C=O) groups is 2. The fourth-order valence-corrected chi connectivity index (χ4v) is 8.31. The zero-order chi connectivity index (χ0) is 48.1. The molecule has 0 aliphatic carbocycles. The minimum Gasteiger partial charge on any atom is -0.458 e. The van der Waals surface area contributed by atoms with Gasteiger partial charge in [-0.05, 0) is 57.4 Å². The summed E-state index contributed by atoms with van der Waals surface area (Å²) in [5.41, 5.74) is 0. The zero-order valence-electron chi connectivity index (χ0n) is 43.6. The minimum absolute atomic E-state index is 0.0469. The van der Waals surface area contributed by atoms with E-state index in [4.69, 9.17) is 4.74 Å². The number of aliphatic hydroxyl groups excluding tert-OH is 2. The van der Waals surface area contributed by atoms with Gasteiger partial charge in [-0.2, -0.15) is 0 Å². The van der Waals surface area contributed by atoms with Crippen molar-refractivity contribution < 1.29 is 24.5 Å². The normalized spacial score (nSPS) is 13.7. The molecular weight excluding hydrogens is 815 g/mol. The molecule has 0 bridgehead atoms. The van der Waals surface area contributed by atoms with Crippen LogP contribution >= 0.6 is 0 Å². The van der Waals surface area contributed by atoms with Crippen LogP contribution in [0.15, 0.2) is 72.9 Å². The predicted octanol–water partition coefficient (Wildman–Crippen LogP) is 17.3. The number of aliphatic hydroxyl groups is 2. The molecule has 6 heteroatoms. The summed E-state index contributed by atoms with van der Waals surface area (Å²) in [6, 6.07) is -0.744. The van der Waals surface area contributed by atoms with Crippen LogP contribution in [0.4, 0.5) is 0 Å². The molecule has 0 saturated heterocycles. The first-order valence-electron chi connectivity index (χ1n) is 28.2. The van der Waals surface area contributed by atoms with E-state index in [1.54, 1.807) is 0 Å². The lowest BCUT2D eigenvalue weighted by atomic mass is 10.0. The molecular formula is C60H107NO5. The number of nitrogens with one attached hydrogen (secondary N) is 1. The second-order valence-electron chi connectivity index (χ2n) is 19.0. The van der Waals surface area contributed by atoms with Gasteiger partial charge in [0.2, 0.25) is 5.91 Å². The summed E-state index contributed by atoms with van der Waals surface area (Å²) in [6.07, 6.45) is 68.6. The molecule has 6 nitrogen and oxygen atoms in total. The van der Waals surface area contributed by atoms with E-state index in [1.807, 2.05) is 12.2 Å². The molecule has 3 unspecified atom stereocenters. The minimum atomic E-state index is -0.821. The highest BCUT2D eigenvalue weighted by atomic mass is 16.5. The van der Waals surface area contributed by atoms with Gasteiger partial charge in [0.05, 0.1) is 25.2 Å². The molecule has 0 aliphatic rings. The third-order valence-electron chi connectivity index (χ3n) is 12.5. The van der Waals surface area contributed by atoms with Crippen molar-refractivity contribution >= 4 is 11.9 Å². The lowest BCUT2D eigenvalue weighted by Crippen LogP contribution is -2.46. The lowest BCUT2D eigenvalue weighted by Gasteiger charge is -2.23. The van der Waals surface area contributed by atoms with Crippen LogP contribution in [0.25, 0.3) is 0 Å². The quantitative estimate of drug-likeness (QED) is 0.0321. The molecule has 0 aromatic rings. The van der Waals surface area contributed by atoms with Gasteiger partial charge in [-0.3, -0.25) is 9.59 Å². The Labute approximate surface area is 409 Å². The number of amides is 1. The number of hydrogen-bond acceptors (Lipinski definition) is 5. The second kappa shape index (κ2) is 53.3. The number of unbranched alkanes of at least 4 members (excludes halogenated alkanes) is 28. The SMILES string of the molecule is CC/C=C\C/C=C\C/C=C\C/C=C\C/C=C\C/C=C\C(CC(=O)NC(CO)C(O)CCCCCCCCCCCCC)OC(=O)CCCCCCCCCCCCCCCCCCCCC. The first kappa shape index (κ1) is 63.3. The predicted molar refractivity (Wildman–Crippen MR) is 287 cm³/mol. The van der Waals surface area contributed by atoms with Crippen molar-refractivity contribution in [1.29, 1.82) is 0 Å². The smallest absolute Gasteiger partial charge is 0.306 e. The topological polar surface area (TPSA) is 95.9 Å². The van der Waals surface area contributed by atoms with Gasteiger partial charge in [-0.1, -0.05) is 274 Å². The molecule has 0 saturated carbocycles. The van der Waals surface area contributed by atoms with E-state index in [1.165, 1.54) is 154 Å². The Morgan fingerprint density at radius 2 is 0.788 bits per heavy atom. The van der Waals surface area contributed by atoms with Crippen LogP contribution in [-0.2, 0) is 14.3 Å². The summed E-state index contributed by atoms with van der Waals surface area (Å²) in [7, 11) is 0. The Morgan fingerprint density at radius 3 is 1.15 bits per heavy atom. The van der Waals surface area contributed by atoms with E-state index in [2.05, 4.69) is 86.8 Å². The van der Waals surface area contributed by atoms with Crippen molar-refractivity contribution in [1.82, 2.24) is 5.32 Å². The van der Waals surface area contributed by atoms with Crippen molar-refractivity contribution in [2.45, 2.75) is 289 Å². The lowest BCUT2D eigenvalue weighted by molar-refractivity contribution is -0.148. The van der Waals surface area contributed by atoms with Crippen molar-refractivity contribution in [3.8, 4) is 0 Å². The maximum absolute atomic E-state index is 13.2. The molecule has 0 rings (SSSR count). The monoisotopic (exact) mass is 922 g/mol. The fourth-order valence-electron chi connectivity index (χ4n) is 8.31. The molecule has 0 spiro atoms. The average molecular weight is 923 g/mol. The van der Waals surface area contributed by atoms with Crippen LogP contribution in [0.2, 0.25) is 0 Å². The Morgan fingerprint density at radius 1 is 0.455 bits per heavy atom. The fraction of sp³-hybridized carbons (Fsp3) is 0.767. The number of esters is 1. The average Bonchev–Trinajstić information content (AvgIpc) is 3.31. The summed E-state index contributed by atoms with van der Waals surface area (Å²) in [5.74, 6) is -0.623. The molecule has 0 heterocycles. The van der Waals surface area contributed by atoms with E-state index in [-0.39, 0.29) is 24.9 Å². The van der Waals surface area contributed by atoms with Crippen molar-refractivity contribution in [2.24, 2.45) is 0 Å². The second-order valence-corrected chi connectivity index (χ2v) is 19.0. The molecule has 66 heavy (non-hydrogen) atoms. The highest BCUT2D eigenvalue weighted by Gasteiger charge is 2.23. The van der Waals surface area contributed by atoms with Crippen LogP contribution in [-0.4, -0.2) is 46.9 Å². The standard InChI is InChI=1S/C60H107NO5/c1-4-7-10-13-16-19-22-24-26-28-29-31-33-35-38-41-44-47-50-53-60(65)66-56(51-48-45-42-39-37-34-32-30-27-25-23-20-17-14-11-8-5-2)54-59(64)61-57(55-62)58(63)52-49-46-43-40-36-21-18-15-12-9-6-3/h8,11,17,20,25,27,32,34,39,42,48,51,56-58,62-63H,4-7,9-10,12-16,18-19,21-24,26,28-31,33,35-38,40-41,43-47,49-50,52-55H2,1-3H3,(H,61,64)/b11-8-,20-17-,27-25-,34-32-,42-39-,51-48-. The third kappa shape index (κ3) is 47.8. The number of hydrogen-bond donors (Lipinski definition) is 3. The van der Waals surface area contributed by atoms with Crippen LogP contribution < -0.4 is 5.32 Å². The van der Waals surface area contributed by atoms with Gasteiger partial charge in [-0.15, -0.1) is 0 Å². The highest BCUT2D eigenvalue weighted by molar-refractivity contribution is 5.78. The van der Waals surface area contributed by atoms with Crippen LogP contribution in [0, 0.1) is 0 Å². The van der Waals surface area contributed by atoms with Gasteiger partial charge in [0.1, 0.15) is 6.10 Å². The van der Waals surface area contributed by atoms with Crippen LogP contribution in [0.1, 0.15) is 271 Å². The van der Waals surface area contributed by atoms with Crippen LogP contribution in [0.5, 0.6) is 0 Å². The Balaban J connectivity index is 4.68. The molecule has 0 aromatic carbocycles. The van der Waals surface area contributed by atoms with Gasteiger partial charge >= 0.3 is 5.97 Å². The number of ether oxygens (including phenoxy) is 1. The Kier molecular flexibility index (Phi) is 51.1. The largest absolute Gasteiger partial charge is 0.458 e. The van der Waals surface area contributed by atoms with Gasteiger partial charge in [0, 0.05) is 6.42 Å². The maximum atomic E-state index is 13.2. The number of carbonyl (C=O) groups excluding carboxylic acids is 2. The number of allylic oxidation sites excluding steroid dienone is 11. The van der Waals surface area contributed by atoms with Gasteiger partial charge < -0.3 is 20.3 Å². The van der Waals surface area contributed by atoms with Crippen molar-refractivity contribution in [3.05, 3.63) is 72.9 Å². The maximum Gasteiger partial charge on any atom is 0.306 e. The van der Waals surface area contributed by atoms with Crippen LogP contribution in [0.3, 0.4) is 0 Å². The van der Waals surface area contributed by atoms with E-state index < -0.39 is 18.2 Å². The Bertz CT molecular complexity index is 1220. The molecule has 3 N–H and O–H groups in total. The van der Waals surface area contributed by atoms with Crippen molar-refractivity contribution in [3.63, 3.8) is 0 Å². The Hall–Kier alpha value is -2.70. The summed E-state index contributed by atoms with van der Waals surface area (Å²) >= 11 is 0. The molecule has 0 fully saturated rings. The summed E-state index contributed by atoms with van der Waals surface area (Å²) in [6.45, 7) is 6.35.